The molecule has 3 aromatic carbocycles. The Morgan fingerprint density at radius 3 is 2.50 bits per heavy atom. The van der Waals surface area contributed by atoms with E-state index < -0.39 is 4.92 Å². The van der Waals surface area contributed by atoms with Crippen LogP contribution in [-0.2, 0) is 12.8 Å². The Bertz CT molecular complexity index is 1230. The molecule has 136 valence electrons. The van der Waals surface area contributed by atoms with Crippen molar-refractivity contribution in [3.05, 3.63) is 93.7 Å². The molecule has 5 rings (SSSR count). The molecule has 0 bridgehead atoms. The van der Waals surface area contributed by atoms with Crippen molar-refractivity contribution in [1.82, 2.24) is 0 Å². The minimum Gasteiger partial charge on any atom is -0.455 e. The molecule has 0 aliphatic heterocycles. The van der Waals surface area contributed by atoms with Gasteiger partial charge in [-0.15, -0.1) is 0 Å². The van der Waals surface area contributed by atoms with Crippen LogP contribution in [0.2, 0.25) is 0 Å². The lowest BCUT2D eigenvalue weighted by Gasteiger charge is -2.04. The molecule has 5 heteroatoms. The normalized spacial score (nSPS) is 12.9. The Kier molecular flexibility index (Phi) is 3.79. The van der Waals surface area contributed by atoms with Crippen molar-refractivity contribution in [2.75, 3.05) is 0 Å². The molecule has 0 saturated carbocycles. The number of hydrogen-bond acceptors (Lipinski definition) is 4. The SMILES string of the molecule is O=[N+]([O-])c1ccc(-c2ccc(C=Nc3ccc4c5c(cccc35)CC4)o2)cc1. The van der Waals surface area contributed by atoms with Crippen molar-refractivity contribution in [3.8, 4) is 11.3 Å². The van der Waals surface area contributed by atoms with Gasteiger partial charge in [0.2, 0.25) is 0 Å². The highest BCUT2D eigenvalue weighted by molar-refractivity contribution is 5.99. The number of non-ortho nitro benzene ring substituents is 1. The van der Waals surface area contributed by atoms with E-state index >= 15 is 0 Å². The highest BCUT2D eigenvalue weighted by atomic mass is 16.6. The standard InChI is InChI=1S/C23H16N2O3/c26-25(27)18-9-6-15(7-10-18)22-13-11-19(28-22)14-24-21-12-8-17-5-4-16-2-1-3-20(21)23(16)17/h1-3,6-14H,4-5H2. The van der Waals surface area contributed by atoms with Crippen LogP contribution in [0, 0.1) is 10.1 Å². The minimum absolute atomic E-state index is 0.0594. The van der Waals surface area contributed by atoms with Crippen LogP contribution in [-0.4, -0.2) is 11.1 Å². The lowest BCUT2D eigenvalue weighted by Crippen LogP contribution is -1.86. The molecule has 0 unspecified atom stereocenters. The number of nitro benzene ring substituents is 1. The molecule has 0 radical (unpaired) electrons. The average Bonchev–Trinajstić information content (AvgIpc) is 3.36. The minimum atomic E-state index is -0.415. The van der Waals surface area contributed by atoms with Crippen molar-refractivity contribution in [3.63, 3.8) is 0 Å². The Labute approximate surface area is 161 Å². The van der Waals surface area contributed by atoms with Gasteiger partial charge >= 0.3 is 0 Å². The summed E-state index contributed by atoms with van der Waals surface area (Å²) in [5.74, 6) is 1.29. The number of hydrogen-bond donors (Lipinski definition) is 0. The van der Waals surface area contributed by atoms with Gasteiger partial charge in [-0.05, 0) is 59.7 Å². The van der Waals surface area contributed by atoms with Gasteiger partial charge in [0.05, 0.1) is 16.8 Å². The fourth-order valence-electron chi connectivity index (χ4n) is 3.80. The highest BCUT2D eigenvalue weighted by Crippen LogP contribution is 2.36. The lowest BCUT2D eigenvalue weighted by atomic mass is 10.0. The number of benzene rings is 3. The van der Waals surface area contributed by atoms with Crippen LogP contribution in [0.3, 0.4) is 0 Å². The second kappa shape index (κ2) is 6.46. The van der Waals surface area contributed by atoms with Crippen LogP contribution in [0.1, 0.15) is 16.9 Å². The molecule has 5 nitrogen and oxygen atoms in total. The average molecular weight is 368 g/mol. The van der Waals surface area contributed by atoms with E-state index in [0.29, 0.717) is 11.5 Å². The Morgan fingerprint density at radius 2 is 1.71 bits per heavy atom. The molecule has 1 aliphatic rings. The molecular formula is C23H16N2O3. The summed E-state index contributed by atoms with van der Waals surface area (Å²) < 4.78 is 5.84. The zero-order valence-electron chi connectivity index (χ0n) is 15.0. The van der Waals surface area contributed by atoms with Crippen molar-refractivity contribution in [1.29, 1.82) is 0 Å². The summed E-state index contributed by atoms with van der Waals surface area (Å²) in [6.45, 7) is 0. The second-order valence-corrected chi connectivity index (χ2v) is 6.85. The number of nitrogens with zero attached hydrogens (tertiary/aromatic N) is 2. The first-order valence-electron chi connectivity index (χ1n) is 9.11. The van der Waals surface area contributed by atoms with Crippen LogP contribution < -0.4 is 0 Å². The van der Waals surface area contributed by atoms with Crippen LogP contribution in [0.4, 0.5) is 11.4 Å². The van der Waals surface area contributed by atoms with Crippen LogP contribution in [0.5, 0.6) is 0 Å². The van der Waals surface area contributed by atoms with E-state index in [0.717, 1.165) is 24.1 Å². The maximum Gasteiger partial charge on any atom is 0.269 e. The molecule has 1 aromatic heterocycles. The third-order valence-electron chi connectivity index (χ3n) is 5.17. The van der Waals surface area contributed by atoms with Gasteiger partial charge in [-0.2, -0.15) is 0 Å². The molecule has 0 atom stereocenters. The van der Waals surface area contributed by atoms with Gasteiger partial charge in [0.25, 0.3) is 5.69 Å². The van der Waals surface area contributed by atoms with Gasteiger partial charge in [-0.3, -0.25) is 15.1 Å². The maximum atomic E-state index is 10.8. The summed E-state index contributed by atoms with van der Waals surface area (Å²) >= 11 is 0. The fraction of sp³-hybridized carbons (Fsp3) is 0.0870. The molecule has 0 amide bonds. The summed E-state index contributed by atoms with van der Waals surface area (Å²) in [5.41, 5.74) is 4.56. The molecule has 4 aromatic rings. The zero-order valence-corrected chi connectivity index (χ0v) is 15.0. The number of rotatable bonds is 4. The molecule has 0 saturated heterocycles. The molecular weight excluding hydrogens is 352 g/mol. The third-order valence-corrected chi connectivity index (χ3v) is 5.17. The maximum absolute atomic E-state index is 10.8. The van der Waals surface area contributed by atoms with Crippen LogP contribution in [0.25, 0.3) is 22.1 Å². The summed E-state index contributed by atoms with van der Waals surface area (Å²) in [7, 11) is 0. The Balaban J connectivity index is 1.44. The first kappa shape index (κ1) is 16.4. The Hall–Kier alpha value is -3.73. The molecule has 0 N–H and O–H groups in total. The van der Waals surface area contributed by atoms with Gasteiger partial charge in [0.15, 0.2) is 0 Å². The van der Waals surface area contributed by atoms with E-state index in [2.05, 4.69) is 35.3 Å². The van der Waals surface area contributed by atoms with Crippen molar-refractivity contribution in [2.24, 2.45) is 4.99 Å². The number of aliphatic imine (C=N–C) groups is 1. The van der Waals surface area contributed by atoms with Gasteiger partial charge in [-0.25, -0.2) is 0 Å². The third kappa shape index (κ3) is 2.77. The predicted molar refractivity (Wildman–Crippen MR) is 109 cm³/mol. The number of furan rings is 1. The Morgan fingerprint density at radius 1 is 0.929 bits per heavy atom. The van der Waals surface area contributed by atoms with E-state index in [-0.39, 0.29) is 5.69 Å². The summed E-state index contributed by atoms with van der Waals surface area (Å²) in [4.78, 5) is 15.0. The van der Waals surface area contributed by atoms with Crippen molar-refractivity contribution >= 4 is 28.4 Å². The van der Waals surface area contributed by atoms with E-state index in [1.807, 2.05) is 12.1 Å². The van der Waals surface area contributed by atoms with Gasteiger partial charge < -0.3 is 4.42 Å². The lowest BCUT2D eigenvalue weighted by molar-refractivity contribution is -0.384. The molecule has 1 aliphatic carbocycles. The van der Waals surface area contributed by atoms with Crippen molar-refractivity contribution in [2.45, 2.75) is 12.8 Å². The molecule has 0 spiro atoms. The summed E-state index contributed by atoms with van der Waals surface area (Å²) in [6.07, 6.45) is 3.90. The smallest absolute Gasteiger partial charge is 0.269 e. The fourth-order valence-corrected chi connectivity index (χ4v) is 3.80. The van der Waals surface area contributed by atoms with E-state index in [1.54, 1.807) is 18.3 Å². The molecule has 0 fully saturated rings. The quantitative estimate of drug-likeness (QED) is 0.257. The van der Waals surface area contributed by atoms with Gasteiger partial charge in [-0.1, -0.05) is 24.3 Å². The second-order valence-electron chi connectivity index (χ2n) is 6.85. The number of aryl methyl sites for hydroxylation is 2. The van der Waals surface area contributed by atoms with Gasteiger partial charge in [0, 0.05) is 23.1 Å². The number of nitro groups is 1. The highest BCUT2D eigenvalue weighted by Gasteiger charge is 2.15. The summed E-state index contributed by atoms with van der Waals surface area (Å²) in [5, 5.41) is 13.3. The summed E-state index contributed by atoms with van der Waals surface area (Å²) in [6, 6.07) is 20.6. The van der Waals surface area contributed by atoms with E-state index in [9.17, 15) is 10.1 Å². The topological polar surface area (TPSA) is 68.6 Å². The van der Waals surface area contributed by atoms with E-state index in [4.69, 9.17) is 4.42 Å². The molecule has 28 heavy (non-hydrogen) atoms. The first-order valence-corrected chi connectivity index (χ1v) is 9.11. The van der Waals surface area contributed by atoms with Crippen LogP contribution >= 0.6 is 0 Å². The zero-order chi connectivity index (χ0) is 19.1. The monoisotopic (exact) mass is 368 g/mol. The van der Waals surface area contributed by atoms with Gasteiger partial charge in [0.1, 0.15) is 11.5 Å². The van der Waals surface area contributed by atoms with Crippen LogP contribution in [0.15, 0.2) is 76.1 Å². The largest absolute Gasteiger partial charge is 0.455 e. The predicted octanol–water partition coefficient (Wildman–Crippen LogP) is 5.86. The molecule has 1 heterocycles. The first-order chi connectivity index (χ1) is 13.7. The van der Waals surface area contributed by atoms with E-state index in [1.165, 1.54) is 34.0 Å². The van der Waals surface area contributed by atoms with Crippen molar-refractivity contribution < 1.29 is 9.34 Å².